The Bertz CT molecular complexity index is 941. The molecule has 0 aliphatic rings. The van der Waals surface area contributed by atoms with Gasteiger partial charge in [-0.1, -0.05) is 18.2 Å². The van der Waals surface area contributed by atoms with Crippen molar-refractivity contribution in [1.29, 1.82) is 0 Å². The van der Waals surface area contributed by atoms with Crippen molar-refractivity contribution >= 4 is 16.8 Å². The molecular formula is C20H25N5O. The molecule has 0 saturated heterocycles. The molecule has 2 amide bonds. The normalized spacial score (nSPS) is 12.2. The second-order valence-corrected chi connectivity index (χ2v) is 6.75. The molecule has 2 aromatic heterocycles. The molecule has 3 aromatic rings. The highest BCUT2D eigenvalue weighted by atomic mass is 16.2. The van der Waals surface area contributed by atoms with Crippen LogP contribution in [0.15, 0.2) is 36.7 Å². The third-order valence-corrected chi connectivity index (χ3v) is 4.86. The number of carbonyl (C=O) groups excluding carboxylic acids is 1. The maximum atomic E-state index is 12.7. The van der Waals surface area contributed by atoms with Gasteiger partial charge in [0.05, 0.1) is 11.7 Å². The first-order valence-corrected chi connectivity index (χ1v) is 8.71. The van der Waals surface area contributed by atoms with Crippen LogP contribution in [-0.4, -0.2) is 32.7 Å². The first kappa shape index (κ1) is 17.9. The average molecular weight is 351 g/mol. The molecule has 6 nitrogen and oxygen atoms in total. The van der Waals surface area contributed by atoms with Crippen LogP contribution in [0.3, 0.4) is 0 Å². The summed E-state index contributed by atoms with van der Waals surface area (Å²) in [5, 5.41) is 9.71. The Morgan fingerprint density at radius 1 is 1.31 bits per heavy atom. The number of carbonyl (C=O) groups is 1. The standard InChI is InChI=1S/C20H25N5O/c1-13(19-14(2)23-25(5)15(19)3)22-20(26)24(4)12-17-8-6-7-16-11-21-10-9-18(16)17/h6-11,13H,12H2,1-5H3,(H,22,26)/t13-/m0/s1. The van der Waals surface area contributed by atoms with Gasteiger partial charge in [-0.05, 0) is 37.8 Å². The van der Waals surface area contributed by atoms with Crippen LogP contribution < -0.4 is 5.32 Å². The van der Waals surface area contributed by atoms with Crippen molar-refractivity contribution in [2.24, 2.45) is 7.05 Å². The number of urea groups is 1. The second kappa shape index (κ2) is 7.15. The quantitative estimate of drug-likeness (QED) is 0.783. The first-order valence-electron chi connectivity index (χ1n) is 8.71. The van der Waals surface area contributed by atoms with Gasteiger partial charge < -0.3 is 10.2 Å². The number of nitrogens with one attached hydrogen (secondary N) is 1. The van der Waals surface area contributed by atoms with Crippen molar-refractivity contribution in [2.75, 3.05) is 7.05 Å². The fraction of sp³-hybridized carbons (Fsp3) is 0.350. The molecule has 0 saturated carbocycles. The summed E-state index contributed by atoms with van der Waals surface area (Å²) in [6, 6.07) is 7.85. The van der Waals surface area contributed by atoms with E-state index in [1.807, 2.05) is 70.0 Å². The smallest absolute Gasteiger partial charge is 0.317 e. The summed E-state index contributed by atoms with van der Waals surface area (Å²) < 4.78 is 1.85. The molecule has 0 unspecified atom stereocenters. The molecule has 2 heterocycles. The minimum Gasteiger partial charge on any atom is -0.331 e. The monoisotopic (exact) mass is 351 g/mol. The first-order chi connectivity index (χ1) is 12.4. The highest BCUT2D eigenvalue weighted by molar-refractivity contribution is 5.85. The van der Waals surface area contributed by atoms with Crippen LogP contribution in [0.25, 0.3) is 10.8 Å². The third kappa shape index (κ3) is 3.40. The highest BCUT2D eigenvalue weighted by Gasteiger charge is 2.20. The largest absolute Gasteiger partial charge is 0.331 e. The Morgan fingerprint density at radius 3 is 2.77 bits per heavy atom. The summed E-state index contributed by atoms with van der Waals surface area (Å²) in [6.45, 7) is 6.52. The number of nitrogens with zero attached hydrogens (tertiary/aromatic N) is 4. The lowest BCUT2D eigenvalue weighted by atomic mass is 10.1. The summed E-state index contributed by atoms with van der Waals surface area (Å²) in [6.07, 6.45) is 3.62. The molecule has 6 heteroatoms. The van der Waals surface area contributed by atoms with Gasteiger partial charge in [0, 0.05) is 49.7 Å². The Morgan fingerprint density at radius 2 is 2.08 bits per heavy atom. The predicted molar refractivity (Wildman–Crippen MR) is 103 cm³/mol. The minimum absolute atomic E-state index is 0.102. The number of fused-ring (bicyclic) bond motifs is 1. The Hall–Kier alpha value is -2.89. The lowest BCUT2D eigenvalue weighted by molar-refractivity contribution is 0.203. The van der Waals surface area contributed by atoms with Crippen LogP contribution in [0.5, 0.6) is 0 Å². The van der Waals surface area contributed by atoms with E-state index in [0.29, 0.717) is 6.54 Å². The van der Waals surface area contributed by atoms with Gasteiger partial charge in [0.25, 0.3) is 0 Å². The van der Waals surface area contributed by atoms with E-state index < -0.39 is 0 Å². The Kier molecular flexibility index (Phi) is 4.93. The van der Waals surface area contributed by atoms with E-state index in [9.17, 15) is 4.79 Å². The van der Waals surface area contributed by atoms with E-state index in [0.717, 1.165) is 33.3 Å². The third-order valence-electron chi connectivity index (χ3n) is 4.86. The van der Waals surface area contributed by atoms with Crippen molar-refractivity contribution in [3.8, 4) is 0 Å². The lowest BCUT2D eigenvalue weighted by Gasteiger charge is -2.22. The fourth-order valence-electron chi connectivity index (χ4n) is 3.44. The fourth-order valence-corrected chi connectivity index (χ4v) is 3.44. The number of aromatic nitrogens is 3. The number of aryl methyl sites for hydroxylation is 2. The SMILES string of the molecule is Cc1nn(C)c(C)c1[C@H](C)NC(=O)N(C)Cc1cccc2cnccc12. The van der Waals surface area contributed by atoms with Gasteiger partial charge in [-0.15, -0.1) is 0 Å². The zero-order chi connectivity index (χ0) is 18.8. The van der Waals surface area contributed by atoms with E-state index in [2.05, 4.69) is 15.4 Å². The Labute approximate surface area is 153 Å². The molecule has 3 rings (SSSR count). The number of rotatable bonds is 4. The van der Waals surface area contributed by atoms with Crippen molar-refractivity contribution in [3.05, 3.63) is 59.2 Å². The van der Waals surface area contributed by atoms with Crippen LogP contribution in [0, 0.1) is 13.8 Å². The van der Waals surface area contributed by atoms with Crippen molar-refractivity contribution in [3.63, 3.8) is 0 Å². The molecule has 1 atom stereocenters. The van der Waals surface area contributed by atoms with Crippen molar-refractivity contribution in [1.82, 2.24) is 25.0 Å². The van der Waals surface area contributed by atoms with E-state index in [-0.39, 0.29) is 12.1 Å². The topological polar surface area (TPSA) is 63.1 Å². The van der Waals surface area contributed by atoms with Gasteiger partial charge in [0.1, 0.15) is 0 Å². The molecule has 26 heavy (non-hydrogen) atoms. The maximum absolute atomic E-state index is 12.7. The van der Waals surface area contributed by atoms with Crippen LogP contribution in [-0.2, 0) is 13.6 Å². The van der Waals surface area contributed by atoms with E-state index in [1.54, 1.807) is 11.1 Å². The summed E-state index contributed by atoms with van der Waals surface area (Å²) in [5.41, 5.74) is 4.19. The predicted octanol–water partition coefficient (Wildman–Crippen LogP) is 3.49. The molecule has 0 radical (unpaired) electrons. The summed E-state index contributed by atoms with van der Waals surface area (Å²) in [5.74, 6) is 0. The molecule has 0 aliphatic carbocycles. The van der Waals surface area contributed by atoms with Gasteiger partial charge >= 0.3 is 6.03 Å². The van der Waals surface area contributed by atoms with Crippen LogP contribution in [0.4, 0.5) is 4.79 Å². The zero-order valence-corrected chi connectivity index (χ0v) is 15.9. The molecule has 0 spiro atoms. The van der Waals surface area contributed by atoms with Crippen LogP contribution in [0.2, 0.25) is 0 Å². The van der Waals surface area contributed by atoms with Gasteiger partial charge in [-0.3, -0.25) is 9.67 Å². The Balaban J connectivity index is 1.73. The van der Waals surface area contributed by atoms with Gasteiger partial charge in [-0.25, -0.2) is 4.79 Å². The number of benzene rings is 1. The second-order valence-electron chi connectivity index (χ2n) is 6.75. The van der Waals surface area contributed by atoms with Gasteiger partial charge in [-0.2, -0.15) is 5.10 Å². The lowest BCUT2D eigenvalue weighted by Crippen LogP contribution is -2.38. The molecule has 0 aliphatic heterocycles. The van der Waals surface area contributed by atoms with E-state index in [1.165, 1.54) is 0 Å². The van der Waals surface area contributed by atoms with Gasteiger partial charge in [0.2, 0.25) is 0 Å². The maximum Gasteiger partial charge on any atom is 0.317 e. The number of amides is 2. The van der Waals surface area contributed by atoms with Gasteiger partial charge in [0.15, 0.2) is 0 Å². The highest BCUT2D eigenvalue weighted by Crippen LogP contribution is 2.22. The molecule has 1 aromatic carbocycles. The number of hydrogen-bond acceptors (Lipinski definition) is 3. The molecule has 136 valence electrons. The van der Waals surface area contributed by atoms with Crippen molar-refractivity contribution in [2.45, 2.75) is 33.4 Å². The number of pyridine rings is 1. The molecule has 0 bridgehead atoms. The molecule has 0 fully saturated rings. The summed E-state index contributed by atoms with van der Waals surface area (Å²) in [7, 11) is 3.73. The molecule has 1 N–H and O–H groups in total. The van der Waals surface area contributed by atoms with E-state index in [4.69, 9.17) is 0 Å². The van der Waals surface area contributed by atoms with Crippen LogP contribution in [0.1, 0.15) is 35.5 Å². The summed E-state index contributed by atoms with van der Waals surface area (Å²) >= 11 is 0. The average Bonchev–Trinajstić information content (AvgIpc) is 2.87. The zero-order valence-electron chi connectivity index (χ0n) is 15.9. The van der Waals surface area contributed by atoms with Crippen LogP contribution >= 0.6 is 0 Å². The summed E-state index contributed by atoms with van der Waals surface area (Å²) in [4.78, 5) is 18.5. The minimum atomic E-state index is -0.105. The molecular weight excluding hydrogens is 326 g/mol. The van der Waals surface area contributed by atoms with E-state index >= 15 is 0 Å². The number of hydrogen-bond donors (Lipinski definition) is 1. The van der Waals surface area contributed by atoms with Crippen molar-refractivity contribution < 1.29 is 4.79 Å².